The van der Waals surface area contributed by atoms with E-state index in [1.165, 1.54) is 19.2 Å². The number of aliphatic carboxylic acids is 1. The largest absolute Gasteiger partial charge is 0.494 e. The Morgan fingerprint density at radius 1 is 1.30 bits per heavy atom. The second-order valence-corrected chi connectivity index (χ2v) is 4.48. The van der Waals surface area contributed by atoms with Gasteiger partial charge >= 0.3 is 5.97 Å². The van der Waals surface area contributed by atoms with E-state index in [-0.39, 0.29) is 24.5 Å². The number of ether oxygens (including phenoxy) is 3. The van der Waals surface area contributed by atoms with E-state index in [0.717, 1.165) is 6.07 Å². The third-order valence-electron chi connectivity index (χ3n) is 2.87. The van der Waals surface area contributed by atoms with Crippen LogP contribution in [0.5, 0.6) is 5.75 Å². The number of hydrogen-bond donors (Lipinski definition) is 2. The van der Waals surface area contributed by atoms with Crippen molar-refractivity contribution >= 4 is 11.9 Å². The Morgan fingerprint density at radius 3 is 2.57 bits per heavy atom. The van der Waals surface area contributed by atoms with Gasteiger partial charge in [-0.15, -0.1) is 0 Å². The summed E-state index contributed by atoms with van der Waals surface area (Å²) >= 11 is 0. The van der Waals surface area contributed by atoms with Crippen LogP contribution in [0.1, 0.15) is 18.5 Å². The number of carbonyl (C=O) groups excluding carboxylic acids is 1. The molecule has 0 saturated heterocycles. The van der Waals surface area contributed by atoms with E-state index in [9.17, 15) is 19.1 Å². The van der Waals surface area contributed by atoms with E-state index in [0.29, 0.717) is 13.2 Å². The SMILES string of the molecule is CCOCCOCC(=O)NC(C(=O)O)c1ccc(OC)c(F)c1. The standard InChI is InChI=1S/C15H20FNO6/c1-3-22-6-7-23-9-13(18)17-14(15(19)20)10-4-5-12(21-2)11(16)8-10/h4-5,8,14H,3,6-7,9H2,1-2H3,(H,17,18)(H,19,20). The first-order valence-corrected chi connectivity index (χ1v) is 7.00. The van der Waals surface area contributed by atoms with Crippen molar-refractivity contribution < 1.29 is 33.3 Å². The van der Waals surface area contributed by atoms with Gasteiger partial charge in [0.05, 0.1) is 20.3 Å². The maximum Gasteiger partial charge on any atom is 0.330 e. The van der Waals surface area contributed by atoms with Crippen molar-refractivity contribution in [2.75, 3.05) is 33.5 Å². The van der Waals surface area contributed by atoms with E-state index in [4.69, 9.17) is 14.2 Å². The van der Waals surface area contributed by atoms with E-state index >= 15 is 0 Å². The third kappa shape index (κ3) is 6.21. The van der Waals surface area contributed by atoms with Gasteiger partial charge < -0.3 is 24.6 Å². The molecule has 1 rings (SSSR count). The van der Waals surface area contributed by atoms with Crippen molar-refractivity contribution in [1.29, 1.82) is 0 Å². The Labute approximate surface area is 133 Å². The van der Waals surface area contributed by atoms with Crippen LogP contribution in [0, 0.1) is 5.82 Å². The summed E-state index contributed by atoms with van der Waals surface area (Å²) in [5.41, 5.74) is 0.0958. The first-order valence-electron chi connectivity index (χ1n) is 7.00. The molecule has 1 amide bonds. The number of carboxylic acids is 1. The Balaban J connectivity index is 2.63. The third-order valence-corrected chi connectivity index (χ3v) is 2.87. The molecule has 0 aromatic heterocycles. The second kappa shape index (κ2) is 9.75. The molecule has 0 fully saturated rings. The summed E-state index contributed by atoms with van der Waals surface area (Å²) in [5.74, 6) is -2.65. The fraction of sp³-hybridized carbons (Fsp3) is 0.467. The molecule has 128 valence electrons. The van der Waals surface area contributed by atoms with Gasteiger partial charge in [-0.2, -0.15) is 0 Å². The zero-order valence-corrected chi connectivity index (χ0v) is 13.0. The molecule has 0 heterocycles. The molecule has 1 aromatic carbocycles. The van der Waals surface area contributed by atoms with Crippen molar-refractivity contribution in [3.8, 4) is 5.75 Å². The smallest absolute Gasteiger partial charge is 0.330 e. The molecule has 0 saturated carbocycles. The number of carboxylic acid groups (broad SMARTS) is 1. The Hall–Kier alpha value is -2.19. The van der Waals surface area contributed by atoms with Crippen LogP contribution >= 0.6 is 0 Å². The summed E-state index contributed by atoms with van der Waals surface area (Å²) in [6.45, 7) is 2.62. The van der Waals surface area contributed by atoms with E-state index in [1.54, 1.807) is 0 Å². The molecule has 1 unspecified atom stereocenters. The molecule has 0 aliphatic heterocycles. The quantitative estimate of drug-likeness (QED) is 0.625. The van der Waals surface area contributed by atoms with E-state index < -0.39 is 23.7 Å². The summed E-state index contributed by atoms with van der Waals surface area (Å²) in [4.78, 5) is 23.0. The molecule has 0 aliphatic carbocycles. The van der Waals surface area contributed by atoms with Crippen LogP contribution in [0.15, 0.2) is 18.2 Å². The fourth-order valence-electron chi connectivity index (χ4n) is 1.78. The highest BCUT2D eigenvalue weighted by atomic mass is 19.1. The Kier molecular flexibility index (Phi) is 8.00. The number of methoxy groups -OCH3 is 1. The zero-order valence-electron chi connectivity index (χ0n) is 13.0. The Bertz CT molecular complexity index is 537. The lowest BCUT2D eigenvalue weighted by molar-refractivity contribution is -0.142. The normalized spacial score (nSPS) is 11.8. The first-order chi connectivity index (χ1) is 11.0. The van der Waals surface area contributed by atoms with Gasteiger partial charge in [0.15, 0.2) is 17.6 Å². The number of hydrogen-bond acceptors (Lipinski definition) is 5. The fourth-order valence-corrected chi connectivity index (χ4v) is 1.78. The minimum atomic E-state index is -1.38. The number of amides is 1. The molecule has 1 aromatic rings. The van der Waals surface area contributed by atoms with Gasteiger partial charge in [0.2, 0.25) is 5.91 Å². The molecular formula is C15H20FNO6. The highest BCUT2D eigenvalue weighted by molar-refractivity contribution is 5.85. The Morgan fingerprint density at radius 2 is 2.00 bits per heavy atom. The summed E-state index contributed by atoms with van der Waals surface area (Å²) < 4.78 is 28.5. The summed E-state index contributed by atoms with van der Waals surface area (Å²) in [7, 11) is 1.30. The van der Waals surface area contributed by atoms with Gasteiger partial charge in [-0.1, -0.05) is 6.07 Å². The maximum atomic E-state index is 13.7. The molecule has 0 bridgehead atoms. The van der Waals surface area contributed by atoms with Crippen LogP contribution < -0.4 is 10.1 Å². The minimum Gasteiger partial charge on any atom is -0.494 e. The topological polar surface area (TPSA) is 94.1 Å². The lowest BCUT2D eigenvalue weighted by Gasteiger charge is -2.16. The summed E-state index contributed by atoms with van der Waals surface area (Å²) in [6, 6.07) is 2.30. The minimum absolute atomic E-state index is 0.0107. The van der Waals surface area contributed by atoms with Gasteiger partial charge in [-0.3, -0.25) is 4.79 Å². The van der Waals surface area contributed by atoms with Crippen LogP contribution in [0.2, 0.25) is 0 Å². The number of halogens is 1. The molecule has 1 atom stereocenters. The lowest BCUT2D eigenvalue weighted by Crippen LogP contribution is -2.36. The summed E-state index contributed by atoms with van der Waals surface area (Å²) in [6.07, 6.45) is 0. The monoisotopic (exact) mass is 329 g/mol. The molecule has 2 N–H and O–H groups in total. The molecule has 0 spiro atoms. The average molecular weight is 329 g/mol. The maximum absolute atomic E-state index is 13.7. The molecule has 8 heteroatoms. The van der Waals surface area contributed by atoms with Crippen molar-refractivity contribution in [3.05, 3.63) is 29.6 Å². The summed E-state index contributed by atoms with van der Waals surface area (Å²) in [5, 5.41) is 11.5. The van der Waals surface area contributed by atoms with Crippen molar-refractivity contribution in [3.63, 3.8) is 0 Å². The number of carbonyl (C=O) groups is 2. The van der Waals surface area contributed by atoms with E-state index in [2.05, 4.69) is 5.32 Å². The van der Waals surface area contributed by atoms with Crippen LogP contribution in [0.4, 0.5) is 4.39 Å². The molecule has 7 nitrogen and oxygen atoms in total. The molecule has 23 heavy (non-hydrogen) atoms. The zero-order chi connectivity index (χ0) is 17.2. The lowest BCUT2D eigenvalue weighted by atomic mass is 10.1. The van der Waals surface area contributed by atoms with Crippen molar-refractivity contribution in [1.82, 2.24) is 5.32 Å². The van der Waals surface area contributed by atoms with Gasteiger partial charge in [-0.05, 0) is 24.6 Å². The number of rotatable bonds is 10. The molecular weight excluding hydrogens is 309 g/mol. The predicted octanol–water partition coefficient (Wildman–Crippen LogP) is 1.13. The van der Waals surface area contributed by atoms with Crippen molar-refractivity contribution in [2.45, 2.75) is 13.0 Å². The number of benzene rings is 1. The van der Waals surface area contributed by atoms with Gasteiger partial charge in [0, 0.05) is 6.61 Å². The predicted molar refractivity (Wildman–Crippen MR) is 78.8 cm³/mol. The highest BCUT2D eigenvalue weighted by Crippen LogP contribution is 2.22. The van der Waals surface area contributed by atoms with Gasteiger partial charge in [0.25, 0.3) is 0 Å². The van der Waals surface area contributed by atoms with Crippen LogP contribution in [-0.2, 0) is 19.1 Å². The first kappa shape index (κ1) is 18.9. The van der Waals surface area contributed by atoms with Crippen molar-refractivity contribution in [2.24, 2.45) is 0 Å². The molecule has 0 aliphatic rings. The van der Waals surface area contributed by atoms with Crippen LogP contribution in [-0.4, -0.2) is 50.5 Å². The average Bonchev–Trinajstić information content (AvgIpc) is 2.52. The second-order valence-electron chi connectivity index (χ2n) is 4.48. The van der Waals surface area contributed by atoms with Gasteiger partial charge in [0.1, 0.15) is 6.61 Å². The highest BCUT2D eigenvalue weighted by Gasteiger charge is 2.23. The van der Waals surface area contributed by atoms with E-state index in [1.807, 2.05) is 6.92 Å². The van der Waals surface area contributed by atoms with Gasteiger partial charge in [-0.25, -0.2) is 9.18 Å². The van der Waals surface area contributed by atoms with Crippen LogP contribution in [0.25, 0.3) is 0 Å². The van der Waals surface area contributed by atoms with Crippen LogP contribution in [0.3, 0.4) is 0 Å². The number of nitrogens with one attached hydrogen (secondary N) is 1. The molecule has 0 radical (unpaired) electrons.